The van der Waals surface area contributed by atoms with E-state index in [9.17, 15) is 9.00 Å². The molecule has 0 aliphatic heterocycles. The zero-order chi connectivity index (χ0) is 13.5. The minimum absolute atomic E-state index is 0.0672. The van der Waals surface area contributed by atoms with Crippen LogP contribution in [0.2, 0.25) is 0 Å². The van der Waals surface area contributed by atoms with Crippen molar-refractivity contribution < 1.29 is 9.00 Å². The molecule has 6 heteroatoms. The molecule has 100 valence electrons. The van der Waals surface area contributed by atoms with E-state index < -0.39 is 10.8 Å². The van der Waals surface area contributed by atoms with Crippen molar-refractivity contribution in [3.63, 3.8) is 0 Å². The summed E-state index contributed by atoms with van der Waals surface area (Å²) < 4.78 is 12.0. The molecule has 1 amide bonds. The lowest BCUT2D eigenvalue weighted by Gasteiger charge is -2.12. The second-order valence-corrected chi connectivity index (χ2v) is 5.58. The molecule has 5 nitrogen and oxygen atoms in total. The van der Waals surface area contributed by atoms with E-state index in [-0.39, 0.29) is 17.7 Å². The largest absolute Gasteiger partial charge is 0.396 e. The van der Waals surface area contributed by atoms with Crippen molar-refractivity contribution in [1.29, 1.82) is 0 Å². The van der Waals surface area contributed by atoms with Crippen molar-refractivity contribution in [3.05, 3.63) is 18.5 Å². The van der Waals surface area contributed by atoms with Crippen molar-refractivity contribution in [3.8, 4) is 0 Å². The average Bonchev–Trinajstić information content (AvgIpc) is 2.29. The van der Waals surface area contributed by atoms with Crippen molar-refractivity contribution in [2.24, 2.45) is 0 Å². The summed E-state index contributed by atoms with van der Waals surface area (Å²) in [6, 6.07) is 1.68. The van der Waals surface area contributed by atoms with E-state index in [1.54, 1.807) is 6.07 Å². The Labute approximate surface area is 110 Å². The molecule has 0 spiro atoms. The highest BCUT2D eigenvalue weighted by Gasteiger charge is 2.14. The molecule has 0 aromatic carbocycles. The summed E-state index contributed by atoms with van der Waals surface area (Å²) in [6.45, 7) is 3.99. The van der Waals surface area contributed by atoms with Gasteiger partial charge in [0.1, 0.15) is 5.75 Å². The molecule has 18 heavy (non-hydrogen) atoms. The number of aromatic nitrogens is 1. The van der Waals surface area contributed by atoms with Crippen LogP contribution in [0.5, 0.6) is 0 Å². The third-order valence-corrected chi connectivity index (χ3v) is 3.83. The predicted octanol–water partition coefficient (Wildman–Crippen LogP) is 1.08. The van der Waals surface area contributed by atoms with Crippen molar-refractivity contribution >= 4 is 22.4 Å². The molecule has 0 bridgehead atoms. The number of amides is 1. The van der Waals surface area contributed by atoms with Gasteiger partial charge in [-0.25, -0.2) is 0 Å². The van der Waals surface area contributed by atoms with E-state index in [0.29, 0.717) is 10.6 Å². The summed E-state index contributed by atoms with van der Waals surface area (Å²) in [6.07, 6.45) is 4.86. The molecule has 2 unspecified atom stereocenters. The minimum atomic E-state index is -1.42. The number of carbonyl (C=O) groups is 1. The SMILES string of the molecule is CCCC(C)NC(=O)CS(=O)c1ccncc1N. The Balaban J connectivity index is 2.55. The zero-order valence-corrected chi connectivity index (χ0v) is 11.5. The van der Waals surface area contributed by atoms with Gasteiger partial charge in [-0.15, -0.1) is 0 Å². The number of rotatable bonds is 6. The Morgan fingerprint density at radius 2 is 2.33 bits per heavy atom. The van der Waals surface area contributed by atoms with Gasteiger partial charge in [0.15, 0.2) is 0 Å². The van der Waals surface area contributed by atoms with Crippen LogP contribution < -0.4 is 11.1 Å². The molecule has 1 heterocycles. The number of nitrogen functional groups attached to an aromatic ring is 1. The van der Waals surface area contributed by atoms with Crippen LogP contribution in [0.15, 0.2) is 23.4 Å². The maximum Gasteiger partial charge on any atom is 0.233 e. The summed E-state index contributed by atoms with van der Waals surface area (Å²) in [5, 5.41) is 2.81. The number of anilines is 1. The number of nitrogens with zero attached hydrogens (tertiary/aromatic N) is 1. The third kappa shape index (κ3) is 4.44. The summed E-state index contributed by atoms with van der Waals surface area (Å²) in [7, 11) is -1.42. The molecule has 2 atom stereocenters. The van der Waals surface area contributed by atoms with Gasteiger partial charge < -0.3 is 11.1 Å². The number of hydrogen-bond acceptors (Lipinski definition) is 4. The Bertz CT molecular complexity index is 437. The summed E-state index contributed by atoms with van der Waals surface area (Å²) >= 11 is 0. The highest BCUT2D eigenvalue weighted by molar-refractivity contribution is 7.86. The normalized spacial score (nSPS) is 13.9. The lowest BCUT2D eigenvalue weighted by atomic mass is 10.2. The quantitative estimate of drug-likeness (QED) is 0.809. The zero-order valence-electron chi connectivity index (χ0n) is 10.7. The third-order valence-electron chi connectivity index (χ3n) is 2.45. The van der Waals surface area contributed by atoms with Crippen molar-refractivity contribution in [1.82, 2.24) is 10.3 Å². The summed E-state index contributed by atoms with van der Waals surface area (Å²) in [4.78, 5) is 15.9. The number of nitrogens with two attached hydrogens (primary N) is 1. The van der Waals surface area contributed by atoms with Gasteiger partial charge in [0.2, 0.25) is 5.91 Å². The van der Waals surface area contributed by atoms with Crippen molar-refractivity contribution in [2.75, 3.05) is 11.5 Å². The first-order valence-electron chi connectivity index (χ1n) is 5.91. The smallest absolute Gasteiger partial charge is 0.233 e. The van der Waals surface area contributed by atoms with E-state index in [1.807, 2.05) is 6.92 Å². The van der Waals surface area contributed by atoms with Crippen LogP contribution in [-0.4, -0.2) is 26.9 Å². The first kappa shape index (κ1) is 14.6. The minimum Gasteiger partial charge on any atom is -0.396 e. The Hall–Kier alpha value is -1.43. The second kappa shape index (κ2) is 7.10. The van der Waals surface area contributed by atoms with E-state index in [0.717, 1.165) is 12.8 Å². The van der Waals surface area contributed by atoms with Crippen LogP contribution in [0.3, 0.4) is 0 Å². The molecule has 0 fully saturated rings. The number of carbonyl (C=O) groups excluding carboxylic acids is 1. The van der Waals surface area contributed by atoms with E-state index in [1.165, 1.54) is 12.4 Å². The van der Waals surface area contributed by atoms with Crippen LogP contribution in [-0.2, 0) is 15.6 Å². The van der Waals surface area contributed by atoms with E-state index in [4.69, 9.17) is 5.73 Å². The Kier molecular flexibility index (Phi) is 5.77. The predicted molar refractivity (Wildman–Crippen MR) is 72.4 cm³/mol. The van der Waals surface area contributed by atoms with Crippen molar-refractivity contribution in [2.45, 2.75) is 37.6 Å². The van der Waals surface area contributed by atoms with Crippen LogP contribution in [0, 0.1) is 0 Å². The molecular weight excluding hydrogens is 250 g/mol. The van der Waals surface area contributed by atoms with E-state index >= 15 is 0 Å². The Morgan fingerprint density at radius 1 is 1.61 bits per heavy atom. The van der Waals surface area contributed by atoms with Gasteiger partial charge >= 0.3 is 0 Å². The molecule has 1 aromatic rings. The van der Waals surface area contributed by atoms with Crippen LogP contribution in [0.4, 0.5) is 5.69 Å². The van der Waals surface area contributed by atoms with Gasteiger partial charge in [-0.3, -0.25) is 14.0 Å². The topological polar surface area (TPSA) is 85.1 Å². The molecule has 1 aromatic heterocycles. The first-order valence-corrected chi connectivity index (χ1v) is 7.23. The van der Waals surface area contributed by atoms with Gasteiger partial charge in [-0.05, 0) is 19.4 Å². The highest BCUT2D eigenvalue weighted by Crippen LogP contribution is 2.13. The lowest BCUT2D eigenvalue weighted by Crippen LogP contribution is -2.35. The molecule has 0 saturated heterocycles. The molecular formula is C12H19N3O2S. The maximum atomic E-state index is 12.0. The van der Waals surface area contributed by atoms with Gasteiger partial charge in [-0.2, -0.15) is 0 Å². The fraction of sp³-hybridized carbons (Fsp3) is 0.500. The van der Waals surface area contributed by atoms with Gasteiger partial charge in [0.05, 0.1) is 27.6 Å². The van der Waals surface area contributed by atoms with Crippen LogP contribution in [0.1, 0.15) is 26.7 Å². The molecule has 1 rings (SSSR count). The van der Waals surface area contributed by atoms with E-state index in [2.05, 4.69) is 17.2 Å². The monoisotopic (exact) mass is 269 g/mol. The standard InChI is InChI=1S/C12H19N3O2S/c1-3-4-9(2)15-12(16)8-18(17)11-5-6-14-7-10(11)13/h5-7,9H,3-4,8,13H2,1-2H3,(H,15,16). The number of nitrogens with one attached hydrogen (secondary N) is 1. The molecule has 0 radical (unpaired) electrons. The highest BCUT2D eigenvalue weighted by atomic mass is 32.2. The summed E-state index contributed by atoms with van der Waals surface area (Å²) in [5.41, 5.74) is 6.01. The molecule has 0 aliphatic rings. The number of hydrogen-bond donors (Lipinski definition) is 2. The fourth-order valence-corrected chi connectivity index (χ4v) is 2.62. The average molecular weight is 269 g/mol. The Morgan fingerprint density at radius 3 is 2.94 bits per heavy atom. The lowest BCUT2D eigenvalue weighted by molar-refractivity contribution is -0.119. The molecule has 3 N–H and O–H groups in total. The van der Waals surface area contributed by atoms with Gasteiger partial charge in [-0.1, -0.05) is 13.3 Å². The maximum absolute atomic E-state index is 12.0. The molecule has 0 saturated carbocycles. The summed E-state index contributed by atoms with van der Waals surface area (Å²) in [5.74, 6) is -0.284. The molecule has 0 aliphatic carbocycles. The first-order chi connectivity index (χ1) is 8.54. The van der Waals surface area contributed by atoms with Gasteiger partial charge in [0, 0.05) is 12.2 Å². The fourth-order valence-electron chi connectivity index (χ4n) is 1.62. The second-order valence-electron chi connectivity index (χ2n) is 4.16. The number of pyridine rings is 1. The van der Waals surface area contributed by atoms with Crippen LogP contribution >= 0.6 is 0 Å². The van der Waals surface area contributed by atoms with Crippen LogP contribution in [0.25, 0.3) is 0 Å². The van der Waals surface area contributed by atoms with Gasteiger partial charge in [0.25, 0.3) is 0 Å².